The van der Waals surface area contributed by atoms with E-state index in [0.29, 0.717) is 0 Å². The lowest BCUT2D eigenvalue weighted by Gasteiger charge is -2.12. The highest BCUT2D eigenvalue weighted by molar-refractivity contribution is 4.58. The third-order valence-electron chi connectivity index (χ3n) is 0.751. The van der Waals surface area contributed by atoms with Gasteiger partial charge in [0.2, 0.25) is 0 Å². The summed E-state index contributed by atoms with van der Waals surface area (Å²) in [5.41, 5.74) is 10.2. The van der Waals surface area contributed by atoms with E-state index in [1.165, 1.54) is 0 Å². The Morgan fingerprint density at radius 2 is 2.12 bits per heavy atom. The van der Waals surface area contributed by atoms with Crippen molar-refractivity contribution in [3.63, 3.8) is 0 Å². The van der Waals surface area contributed by atoms with Crippen LogP contribution in [0.25, 0.3) is 0 Å². The number of hydrogen-bond donors (Lipinski definition) is 4. The van der Waals surface area contributed by atoms with Crippen molar-refractivity contribution in [3.8, 4) is 0 Å². The van der Waals surface area contributed by atoms with Crippen LogP contribution >= 0.6 is 0 Å². The van der Waals surface area contributed by atoms with Gasteiger partial charge in [-0.25, -0.2) is 0 Å². The highest BCUT2D eigenvalue weighted by Crippen LogP contribution is 1.74. The molecule has 1 atom stereocenters. The highest BCUT2D eigenvalue weighted by Gasteiger charge is 1.98. The van der Waals surface area contributed by atoms with Gasteiger partial charge >= 0.3 is 0 Å². The molecule has 50 valence electrons. The topological polar surface area (TPSA) is 84.3 Å². The molecule has 1 unspecified atom stereocenters. The number of rotatable bonds is 3. The van der Waals surface area contributed by atoms with E-state index in [1.54, 1.807) is 6.92 Å². The van der Waals surface area contributed by atoms with Crippen LogP contribution in [0.3, 0.4) is 0 Å². The Morgan fingerprint density at radius 3 is 2.25 bits per heavy atom. The van der Waals surface area contributed by atoms with E-state index in [0.717, 1.165) is 0 Å². The van der Waals surface area contributed by atoms with Gasteiger partial charge in [-0.3, -0.25) is 5.32 Å². The molecule has 4 heteroatoms. The molecule has 0 bridgehead atoms. The molecule has 0 aliphatic carbocycles. The minimum atomic E-state index is -0.530. The van der Waals surface area contributed by atoms with E-state index in [4.69, 9.17) is 16.6 Å². The van der Waals surface area contributed by atoms with Gasteiger partial charge < -0.3 is 16.6 Å². The monoisotopic (exact) mass is 119 g/mol. The molecule has 0 fully saturated rings. The van der Waals surface area contributed by atoms with Gasteiger partial charge in [0.15, 0.2) is 0 Å². The lowest BCUT2D eigenvalue weighted by atomic mass is 10.4. The van der Waals surface area contributed by atoms with Gasteiger partial charge in [-0.15, -0.1) is 0 Å². The van der Waals surface area contributed by atoms with Crippen LogP contribution < -0.4 is 16.8 Å². The molecule has 0 saturated heterocycles. The lowest BCUT2D eigenvalue weighted by molar-refractivity contribution is 0.242. The van der Waals surface area contributed by atoms with Crippen LogP contribution in [-0.4, -0.2) is 24.0 Å². The zero-order valence-corrected chi connectivity index (χ0v) is 4.96. The van der Waals surface area contributed by atoms with Crippen molar-refractivity contribution >= 4 is 0 Å². The quantitative estimate of drug-likeness (QED) is 0.329. The van der Waals surface area contributed by atoms with Crippen molar-refractivity contribution in [2.75, 3.05) is 6.61 Å². The number of hydrogen-bond acceptors (Lipinski definition) is 4. The first-order valence-corrected chi connectivity index (χ1v) is 2.55. The molecule has 0 aliphatic rings. The standard InChI is InChI=1S/C4H13N3O/c1-3(2-8)7-4(5)6/h3-4,7-8H,2,5-6H2,1H3. The largest absolute Gasteiger partial charge is 0.395 e. The molecule has 0 heterocycles. The third-order valence-corrected chi connectivity index (χ3v) is 0.751. The summed E-state index contributed by atoms with van der Waals surface area (Å²) in [4.78, 5) is 0. The third kappa shape index (κ3) is 4.01. The summed E-state index contributed by atoms with van der Waals surface area (Å²) >= 11 is 0. The van der Waals surface area contributed by atoms with E-state index in [9.17, 15) is 0 Å². The smallest absolute Gasteiger partial charge is 0.107 e. The first-order valence-electron chi connectivity index (χ1n) is 2.55. The van der Waals surface area contributed by atoms with Crippen molar-refractivity contribution in [3.05, 3.63) is 0 Å². The van der Waals surface area contributed by atoms with Gasteiger partial charge in [0, 0.05) is 6.04 Å². The van der Waals surface area contributed by atoms with Gasteiger partial charge in [-0.2, -0.15) is 0 Å². The summed E-state index contributed by atoms with van der Waals surface area (Å²) < 4.78 is 0. The first kappa shape index (κ1) is 7.84. The molecule has 0 rings (SSSR count). The fraction of sp³-hybridized carbons (Fsp3) is 1.00. The Morgan fingerprint density at radius 1 is 1.62 bits per heavy atom. The Kier molecular flexibility index (Phi) is 3.72. The van der Waals surface area contributed by atoms with E-state index >= 15 is 0 Å². The van der Waals surface area contributed by atoms with Crippen LogP contribution in [0.5, 0.6) is 0 Å². The van der Waals surface area contributed by atoms with Crippen LogP contribution in [0, 0.1) is 0 Å². The second-order valence-corrected chi connectivity index (χ2v) is 1.78. The predicted molar refractivity (Wildman–Crippen MR) is 31.8 cm³/mol. The molecule has 0 amide bonds. The average molecular weight is 119 g/mol. The molecule has 0 aliphatic heterocycles. The van der Waals surface area contributed by atoms with Gasteiger partial charge in [0.05, 0.1) is 6.61 Å². The van der Waals surface area contributed by atoms with E-state index in [2.05, 4.69) is 5.32 Å². The summed E-state index contributed by atoms with van der Waals surface area (Å²) in [5, 5.41) is 11.1. The Bertz CT molecular complexity index is 57.2. The zero-order chi connectivity index (χ0) is 6.57. The van der Waals surface area contributed by atoms with E-state index in [-0.39, 0.29) is 12.6 Å². The normalized spacial score (nSPS) is 14.6. The summed E-state index contributed by atoms with van der Waals surface area (Å²) in [6.45, 7) is 1.86. The minimum absolute atomic E-state index is 0.0185. The second-order valence-electron chi connectivity index (χ2n) is 1.78. The lowest BCUT2D eigenvalue weighted by Crippen LogP contribution is -2.50. The highest BCUT2D eigenvalue weighted by atomic mass is 16.3. The van der Waals surface area contributed by atoms with Crippen LogP contribution in [0.4, 0.5) is 0 Å². The molecule has 0 aromatic carbocycles. The average Bonchev–Trinajstić information content (AvgIpc) is 1.65. The second kappa shape index (κ2) is 3.80. The summed E-state index contributed by atoms with van der Waals surface area (Å²) in [6, 6.07) is -0.0185. The molecule has 4 nitrogen and oxygen atoms in total. The maximum atomic E-state index is 8.41. The summed E-state index contributed by atoms with van der Waals surface area (Å²) in [6.07, 6.45) is -0.530. The maximum absolute atomic E-state index is 8.41. The summed E-state index contributed by atoms with van der Waals surface area (Å²) in [7, 11) is 0. The fourth-order valence-corrected chi connectivity index (χ4v) is 0.381. The number of nitrogens with one attached hydrogen (secondary N) is 1. The molecular formula is C4H13N3O. The minimum Gasteiger partial charge on any atom is -0.395 e. The number of nitrogens with two attached hydrogens (primary N) is 2. The van der Waals surface area contributed by atoms with Gasteiger partial charge in [-0.05, 0) is 6.92 Å². The van der Waals surface area contributed by atoms with Gasteiger partial charge in [0.25, 0.3) is 0 Å². The van der Waals surface area contributed by atoms with Crippen molar-refractivity contribution in [1.82, 2.24) is 5.32 Å². The molecule has 8 heavy (non-hydrogen) atoms. The Hall–Kier alpha value is -0.160. The number of aliphatic hydroxyl groups is 1. The van der Waals surface area contributed by atoms with Crippen LogP contribution in [0.15, 0.2) is 0 Å². The molecule has 0 aromatic heterocycles. The van der Waals surface area contributed by atoms with Gasteiger partial charge in [0.1, 0.15) is 6.29 Å². The van der Waals surface area contributed by atoms with Crippen LogP contribution in [0.1, 0.15) is 6.92 Å². The Balaban J connectivity index is 3.10. The summed E-state index contributed by atoms with van der Waals surface area (Å²) in [5.74, 6) is 0. The van der Waals surface area contributed by atoms with Crippen molar-refractivity contribution < 1.29 is 5.11 Å². The predicted octanol–water partition coefficient (Wildman–Crippen LogP) is -1.84. The molecule has 0 spiro atoms. The van der Waals surface area contributed by atoms with Crippen molar-refractivity contribution in [2.45, 2.75) is 19.3 Å². The molecule has 0 radical (unpaired) electrons. The van der Waals surface area contributed by atoms with Crippen LogP contribution in [-0.2, 0) is 0 Å². The SMILES string of the molecule is CC(CO)NC(N)N. The number of aliphatic hydroxyl groups excluding tert-OH is 1. The van der Waals surface area contributed by atoms with Crippen molar-refractivity contribution in [2.24, 2.45) is 11.5 Å². The molecule has 6 N–H and O–H groups in total. The van der Waals surface area contributed by atoms with E-state index in [1.807, 2.05) is 0 Å². The Labute approximate surface area is 48.9 Å². The van der Waals surface area contributed by atoms with Gasteiger partial charge in [-0.1, -0.05) is 0 Å². The van der Waals surface area contributed by atoms with Crippen LogP contribution in [0.2, 0.25) is 0 Å². The van der Waals surface area contributed by atoms with Crippen molar-refractivity contribution in [1.29, 1.82) is 0 Å². The molecule has 0 saturated carbocycles. The maximum Gasteiger partial charge on any atom is 0.107 e. The molecule has 0 aromatic rings. The zero-order valence-electron chi connectivity index (χ0n) is 4.96. The first-order chi connectivity index (χ1) is 3.66. The fourth-order valence-electron chi connectivity index (χ4n) is 0.381. The molecular weight excluding hydrogens is 106 g/mol. The van der Waals surface area contributed by atoms with E-state index < -0.39 is 6.29 Å².